The standard InChI is InChI=1S/C40H41ClN2O6/c1-26(2)20-36(44)43(37(45)21-27(3)4)40-38(30-16-18-31(46-5)19-17-30)39(42-49-40)32-22-33(41)35(48-25-29-14-10-7-11-15-29)23-34(32)47-24-28-12-8-6-9-13-28/h6-19,22-23,26-27H,20-21,24-25H2,1-5H3. The van der Waals surface area contributed by atoms with E-state index in [0.717, 1.165) is 16.0 Å². The molecule has 5 aromatic rings. The predicted octanol–water partition coefficient (Wildman–Crippen LogP) is 9.78. The van der Waals surface area contributed by atoms with Crippen molar-refractivity contribution in [2.45, 2.75) is 53.8 Å². The van der Waals surface area contributed by atoms with Gasteiger partial charge >= 0.3 is 0 Å². The Balaban J connectivity index is 1.68. The fraction of sp³-hybridized carbons (Fsp3) is 0.275. The molecule has 254 valence electrons. The molecular formula is C40H41ClN2O6. The summed E-state index contributed by atoms with van der Waals surface area (Å²) in [5.74, 6) is 0.797. The largest absolute Gasteiger partial charge is 0.497 e. The van der Waals surface area contributed by atoms with Crippen molar-refractivity contribution in [3.8, 4) is 39.6 Å². The highest BCUT2D eigenvalue weighted by molar-refractivity contribution is 6.32. The van der Waals surface area contributed by atoms with Crippen molar-refractivity contribution in [2.24, 2.45) is 11.8 Å². The zero-order chi connectivity index (χ0) is 34.9. The topological polar surface area (TPSA) is 91.1 Å². The highest BCUT2D eigenvalue weighted by atomic mass is 35.5. The molecule has 0 aliphatic carbocycles. The first-order chi connectivity index (χ1) is 23.6. The van der Waals surface area contributed by atoms with E-state index in [-0.39, 0.29) is 49.0 Å². The van der Waals surface area contributed by atoms with Crippen molar-refractivity contribution in [1.29, 1.82) is 0 Å². The van der Waals surface area contributed by atoms with Gasteiger partial charge in [0.25, 0.3) is 0 Å². The van der Waals surface area contributed by atoms with Gasteiger partial charge in [0.15, 0.2) is 0 Å². The number of amides is 2. The van der Waals surface area contributed by atoms with Crippen molar-refractivity contribution >= 4 is 29.3 Å². The van der Waals surface area contributed by atoms with Crippen molar-refractivity contribution < 1.29 is 28.3 Å². The molecule has 5 rings (SSSR count). The highest BCUT2D eigenvalue weighted by Gasteiger charge is 2.34. The van der Waals surface area contributed by atoms with Crippen LogP contribution in [0, 0.1) is 11.8 Å². The van der Waals surface area contributed by atoms with Crippen LogP contribution in [0.1, 0.15) is 51.7 Å². The molecular weight excluding hydrogens is 640 g/mol. The van der Waals surface area contributed by atoms with Crippen LogP contribution >= 0.6 is 11.6 Å². The lowest BCUT2D eigenvalue weighted by Crippen LogP contribution is -2.38. The maximum absolute atomic E-state index is 13.8. The Morgan fingerprint density at radius 2 is 1.29 bits per heavy atom. The summed E-state index contributed by atoms with van der Waals surface area (Å²) in [6, 6.07) is 30.3. The molecule has 0 fully saturated rings. The van der Waals surface area contributed by atoms with Gasteiger partial charge in [-0.25, -0.2) is 4.90 Å². The summed E-state index contributed by atoms with van der Waals surface area (Å²) in [6.45, 7) is 8.27. The van der Waals surface area contributed by atoms with Gasteiger partial charge in [0.2, 0.25) is 17.7 Å². The van der Waals surface area contributed by atoms with Gasteiger partial charge in [0, 0.05) is 24.5 Å². The molecule has 2 amide bonds. The molecule has 0 bridgehead atoms. The molecule has 1 aromatic heterocycles. The summed E-state index contributed by atoms with van der Waals surface area (Å²) >= 11 is 6.88. The number of carbonyl (C=O) groups excluding carboxylic acids is 2. The van der Waals surface area contributed by atoms with Gasteiger partial charge in [-0.1, -0.05) is 117 Å². The quantitative estimate of drug-likeness (QED) is 0.115. The second-order valence-electron chi connectivity index (χ2n) is 12.6. The number of ether oxygens (including phenoxy) is 3. The summed E-state index contributed by atoms with van der Waals surface area (Å²) < 4.78 is 24.0. The van der Waals surface area contributed by atoms with Gasteiger partial charge in [-0.05, 0) is 46.7 Å². The second-order valence-corrected chi connectivity index (χ2v) is 13.0. The maximum Gasteiger partial charge on any atom is 0.249 e. The third-order valence-electron chi connectivity index (χ3n) is 7.68. The lowest BCUT2D eigenvalue weighted by Gasteiger charge is -2.21. The summed E-state index contributed by atoms with van der Waals surface area (Å²) in [5.41, 5.74) is 3.88. The Labute approximate surface area is 292 Å². The number of anilines is 1. The van der Waals surface area contributed by atoms with Crippen LogP contribution in [0.3, 0.4) is 0 Å². The number of imide groups is 1. The number of benzene rings is 4. The molecule has 4 aromatic carbocycles. The minimum Gasteiger partial charge on any atom is -0.497 e. The predicted molar refractivity (Wildman–Crippen MR) is 192 cm³/mol. The first-order valence-corrected chi connectivity index (χ1v) is 16.7. The number of rotatable bonds is 14. The summed E-state index contributed by atoms with van der Waals surface area (Å²) in [4.78, 5) is 28.6. The Morgan fingerprint density at radius 1 is 0.755 bits per heavy atom. The van der Waals surface area contributed by atoms with Crippen LogP contribution < -0.4 is 19.1 Å². The molecule has 49 heavy (non-hydrogen) atoms. The summed E-state index contributed by atoms with van der Waals surface area (Å²) in [7, 11) is 1.59. The normalized spacial score (nSPS) is 11.1. The average molecular weight is 681 g/mol. The molecule has 0 saturated heterocycles. The fourth-order valence-electron chi connectivity index (χ4n) is 5.30. The smallest absolute Gasteiger partial charge is 0.249 e. The Hall–Kier alpha value is -5.08. The van der Waals surface area contributed by atoms with E-state index in [2.05, 4.69) is 5.16 Å². The number of halogens is 1. The van der Waals surface area contributed by atoms with Gasteiger partial charge in [0.05, 0.1) is 17.7 Å². The van der Waals surface area contributed by atoms with E-state index in [1.807, 2.05) is 100 Å². The lowest BCUT2D eigenvalue weighted by molar-refractivity contribution is -0.127. The first kappa shape index (κ1) is 35.2. The maximum atomic E-state index is 13.8. The second kappa shape index (κ2) is 16.3. The molecule has 0 unspecified atom stereocenters. The molecule has 0 spiro atoms. The van der Waals surface area contributed by atoms with Crippen molar-refractivity contribution in [1.82, 2.24) is 5.16 Å². The van der Waals surface area contributed by atoms with Crippen LogP contribution in [0.4, 0.5) is 5.88 Å². The first-order valence-electron chi connectivity index (χ1n) is 16.3. The Morgan fingerprint density at radius 3 is 1.80 bits per heavy atom. The Kier molecular flexibility index (Phi) is 11.8. The Bertz CT molecular complexity index is 1830. The molecule has 9 heteroatoms. The van der Waals surface area contributed by atoms with Crippen LogP contribution in [-0.4, -0.2) is 24.1 Å². The van der Waals surface area contributed by atoms with Crippen molar-refractivity contribution in [2.75, 3.05) is 12.0 Å². The van der Waals surface area contributed by atoms with Crippen LogP contribution in [0.5, 0.6) is 17.2 Å². The van der Waals surface area contributed by atoms with E-state index in [1.165, 1.54) is 0 Å². The molecule has 0 radical (unpaired) electrons. The van der Waals surface area contributed by atoms with Crippen LogP contribution in [0.15, 0.2) is 102 Å². The van der Waals surface area contributed by atoms with E-state index in [4.69, 9.17) is 30.3 Å². The highest BCUT2D eigenvalue weighted by Crippen LogP contribution is 2.46. The molecule has 0 N–H and O–H groups in total. The van der Waals surface area contributed by atoms with Crippen molar-refractivity contribution in [3.63, 3.8) is 0 Å². The number of hydrogen-bond acceptors (Lipinski definition) is 7. The summed E-state index contributed by atoms with van der Waals surface area (Å²) in [5, 5.41) is 4.82. The lowest BCUT2D eigenvalue weighted by atomic mass is 9.98. The van der Waals surface area contributed by atoms with Gasteiger partial charge < -0.3 is 18.7 Å². The van der Waals surface area contributed by atoms with Gasteiger partial charge in [-0.15, -0.1) is 0 Å². The minimum absolute atomic E-state index is 0.00824. The van der Waals surface area contributed by atoms with Gasteiger partial charge in [-0.2, -0.15) is 0 Å². The minimum atomic E-state index is -0.374. The third-order valence-corrected chi connectivity index (χ3v) is 7.98. The zero-order valence-corrected chi connectivity index (χ0v) is 29.2. The van der Waals surface area contributed by atoms with E-state index in [1.54, 1.807) is 31.4 Å². The van der Waals surface area contributed by atoms with Crippen LogP contribution in [0.25, 0.3) is 22.4 Å². The molecule has 8 nitrogen and oxygen atoms in total. The summed E-state index contributed by atoms with van der Waals surface area (Å²) in [6.07, 6.45) is 0.291. The van der Waals surface area contributed by atoms with E-state index in [0.29, 0.717) is 51.3 Å². The number of nitrogens with zero attached hydrogens (tertiary/aromatic N) is 2. The van der Waals surface area contributed by atoms with Gasteiger partial charge in [0.1, 0.15) is 36.2 Å². The molecule has 0 aliphatic rings. The number of aromatic nitrogens is 1. The number of methoxy groups -OCH3 is 1. The van der Waals surface area contributed by atoms with Gasteiger partial charge in [-0.3, -0.25) is 9.59 Å². The van der Waals surface area contributed by atoms with E-state index in [9.17, 15) is 9.59 Å². The molecule has 1 heterocycles. The molecule has 0 saturated carbocycles. The van der Waals surface area contributed by atoms with Crippen LogP contribution in [0.2, 0.25) is 5.02 Å². The SMILES string of the molecule is COc1ccc(-c2c(-c3cc(Cl)c(OCc4ccccc4)cc3OCc3ccccc3)noc2N(C(=O)CC(C)C)C(=O)CC(C)C)cc1. The third kappa shape index (κ3) is 8.89. The zero-order valence-electron chi connectivity index (χ0n) is 28.4. The van der Waals surface area contributed by atoms with E-state index >= 15 is 0 Å². The number of hydrogen-bond donors (Lipinski definition) is 0. The van der Waals surface area contributed by atoms with E-state index < -0.39 is 0 Å². The van der Waals surface area contributed by atoms with Crippen molar-refractivity contribution in [3.05, 3.63) is 113 Å². The van der Waals surface area contributed by atoms with Crippen LogP contribution in [-0.2, 0) is 22.8 Å². The monoisotopic (exact) mass is 680 g/mol. The molecule has 0 aliphatic heterocycles. The molecule has 0 atom stereocenters. The number of carbonyl (C=O) groups is 2. The average Bonchev–Trinajstić information content (AvgIpc) is 3.51. The fourth-order valence-corrected chi connectivity index (χ4v) is 5.52.